The molecular formula is C30H47NO8. The monoisotopic (exact) mass is 549 g/mol. The van der Waals surface area contributed by atoms with Crippen LogP contribution in [0.5, 0.6) is 11.5 Å². The first kappa shape index (κ1) is 34.1. The van der Waals surface area contributed by atoms with Crippen LogP contribution in [0.15, 0.2) is 18.2 Å². The second-order valence-electron chi connectivity index (χ2n) is 10.1. The van der Waals surface area contributed by atoms with Crippen molar-refractivity contribution in [2.45, 2.75) is 123 Å². The van der Waals surface area contributed by atoms with Crippen molar-refractivity contribution in [2.75, 3.05) is 7.11 Å². The van der Waals surface area contributed by atoms with Gasteiger partial charge in [-0.05, 0) is 43.9 Å². The van der Waals surface area contributed by atoms with Gasteiger partial charge in [-0.15, -0.1) is 0 Å². The van der Waals surface area contributed by atoms with Gasteiger partial charge in [0, 0.05) is 32.1 Å². The van der Waals surface area contributed by atoms with Gasteiger partial charge in [0.2, 0.25) is 0 Å². The topological polar surface area (TPSA) is 131 Å². The molecule has 1 aromatic rings. The van der Waals surface area contributed by atoms with Gasteiger partial charge in [0.05, 0.1) is 7.11 Å². The molecular weight excluding hydrogens is 502 g/mol. The maximum Gasteiger partial charge on any atom is 0.326 e. The predicted octanol–water partition coefficient (Wildman–Crippen LogP) is 5.58. The molecule has 0 aromatic heterocycles. The van der Waals surface area contributed by atoms with Crippen LogP contribution in [0.2, 0.25) is 0 Å². The Kier molecular flexibility index (Phi) is 16.1. The number of carbonyl (C=O) groups excluding carboxylic acids is 4. The van der Waals surface area contributed by atoms with Crippen molar-refractivity contribution in [3.05, 3.63) is 23.8 Å². The molecule has 2 atom stereocenters. The second kappa shape index (κ2) is 18.4. The quantitative estimate of drug-likeness (QED) is 0.133. The summed E-state index contributed by atoms with van der Waals surface area (Å²) >= 11 is 0. The van der Waals surface area contributed by atoms with Crippen LogP contribution in [0.4, 0.5) is 0 Å². The highest BCUT2D eigenvalue weighted by Gasteiger charge is 2.38. The molecule has 0 aliphatic carbocycles. The van der Waals surface area contributed by atoms with E-state index in [0.717, 1.165) is 32.1 Å². The minimum atomic E-state index is -1.51. The minimum absolute atomic E-state index is 0.0155. The van der Waals surface area contributed by atoms with E-state index in [4.69, 9.17) is 24.7 Å². The van der Waals surface area contributed by atoms with E-state index in [1.54, 1.807) is 19.1 Å². The van der Waals surface area contributed by atoms with E-state index in [1.807, 2.05) is 20.8 Å². The lowest BCUT2D eigenvalue weighted by atomic mass is 9.86. The van der Waals surface area contributed by atoms with E-state index in [0.29, 0.717) is 31.2 Å². The predicted molar refractivity (Wildman–Crippen MR) is 148 cm³/mol. The third-order valence-electron chi connectivity index (χ3n) is 6.25. The Morgan fingerprint density at radius 1 is 0.795 bits per heavy atom. The zero-order chi connectivity index (χ0) is 29.3. The fraction of sp³-hybridized carbons (Fsp3) is 0.667. The number of esters is 4. The maximum atomic E-state index is 12.7. The van der Waals surface area contributed by atoms with Crippen LogP contribution in [0.3, 0.4) is 0 Å². The number of hydrogen-bond acceptors (Lipinski definition) is 9. The molecule has 39 heavy (non-hydrogen) atoms. The van der Waals surface area contributed by atoms with Crippen LogP contribution < -0.4 is 15.2 Å². The van der Waals surface area contributed by atoms with Gasteiger partial charge in [0.15, 0.2) is 11.5 Å². The smallest absolute Gasteiger partial charge is 0.326 e. The summed E-state index contributed by atoms with van der Waals surface area (Å²) in [7, 11) is 1.24. The van der Waals surface area contributed by atoms with Crippen molar-refractivity contribution < 1.29 is 38.1 Å². The third kappa shape index (κ3) is 13.1. The fourth-order valence-electron chi connectivity index (χ4n) is 4.17. The highest BCUT2D eigenvalue weighted by atomic mass is 16.6. The summed E-state index contributed by atoms with van der Waals surface area (Å²) in [5.41, 5.74) is 5.57. The van der Waals surface area contributed by atoms with E-state index in [1.165, 1.54) is 13.2 Å². The van der Waals surface area contributed by atoms with Gasteiger partial charge in [-0.1, -0.05) is 58.9 Å². The van der Waals surface area contributed by atoms with Crippen LogP contribution in [-0.2, 0) is 35.1 Å². The molecule has 0 saturated carbocycles. The molecule has 1 aromatic carbocycles. The number of rotatable bonds is 19. The summed E-state index contributed by atoms with van der Waals surface area (Å²) < 4.78 is 21.5. The molecule has 0 radical (unpaired) electrons. The van der Waals surface area contributed by atoms with Gasteiger partial charge >= 0.3 is 23.9 Å². The van der Waals surface area contributed by atoms with Crippen LogP contribution in [-0.4, -0.2) is 42.6 Å². The summed E-state index contributed by atoms with van der Waals surface area (Å²) in [5.74, 6) is -1.65. The SMILES string of the molecule is CCCCCC(=O)Oc1ccc(CC(N)(C[C@H](C)OC(=O)CCCC)C(=O)OC)cc1OC(=O)CCCCC. The van der Waals surface area contributed by atoms with E-state index in [9.17, 15) is 19.2 Å². The Morgan fingerprint density at radius 3 is 1.87 bits per heavy atom. The summed E-state index contributed by atoms with van der Waals surface area (Å²) in [4.78, 5) is 49.7. The molecule has 0 amide bonds. The molecule has 0 aliphatic rings. The minimum Gasteiger partial charge on any atom is -0.468 e. The average Bonchev–Trinajstić information content (AvgIpc) is 2.88. The number of unbranched alkanes of at least 4 members (excludes halogenated alkanes) is 5. The van der Waals surface area contributed by atoms with Crippen molar-refractivity contribution in [2.24, 2.45) is 5.73 Å². The molecule has 9 heteroatoms. The third-order valence-corrected chi connectivity index (χ3v) is 6.25. The van der Waals surface area contributed by atoms with Crippen molar-refractivity contribution in [1.29, 1.82) is 0 Å². The lowest BCUT2D eigenvalue weighted by molar-refractivity contribution is -0.155. The van der Waals surface area contributed by atoms with Crippen molar-refractivity contribution in [1.82, 2.24) is 0 Å². The average molecular weight is 550 g/mol. The highest BCUT2D eigenvalue weighted by molar-refractivity contribution is 5.81. The number of hydrogen-bond donors (Lipinski definition) is 1. The molecule has 0 bridgehead atoms. The molecule has 0 heterocycles. The van der Waals surface area contributed by atoms with E-state index in [-0.39, 0.29) is 43.2 Å². The largest absolute Gasteiger partial charge is 0.468 e. The number of nitrogens with two attached hydrogens (primary N) is 1. The van der Waals surface area contributed by atoms with Gasteiger partial charge in [-0.25, -0.2) is 0 Å². The van der Waals surface area contributed by atoms with Crippen LogP contribution in [0, 0.1) is 0 Å². The summed E-state index contributed by atoms with van der Waals surface area (Å²) in [6.07, 6.45) is 6.89. The molecule has 0 aliphatic heterocycles. The van der Waals surface area contributed by atoms with Crippen LogP contribution in [0.25, 0.3) is 0 Å². The van der Waals surface area contributed by atoms with Crippen LogP contribution >= 0.6 is 0 Å². The number of methoxy groups -OCH3 is 1. The molecule has 0 spiro atoms. The Hall–Kier alpha value is -2.94. The second-order valence-corrected chi connectivity index (χ2v) is 10.1. The number of ether oxygens (including phenoxy) is 4. The van der Waals surface area contributed by atoms with Gasteiger partial charge in [0.25, 0.3) is 0 Å². The summed E-state index contributed by atoms with van der Waals surface area (Å²) in [6, 6.07) is 4.74. The van der Waals surface area contributed by atoms with E-state index < -0.39 is 29.6 Å². The van der Waals surface area contributed by atoms with Gasteiger partial charge in [0.1, 0.15) is 11.6 Å². The molecule has 9 nitrogen and oxygen atoms in total. The van der Waals surface area contributed by atoms with Crippen molar-refractivity contribution >= 4 is 23.9 Å². The van der Waals surface area contributed by atoms with E-state index >= 15 is 0 Å². The first-order valence-corrected chi connectivity index (χ1v) is 14.2. The Morgan fingerprint density at radius 2 is 1.33 bits per heavy atom. The van der Waals surface area contributed by atoms with Gasteiger partial charge in [-0.3, -0.25) is 19.2 Å². The maximum absolute atomic E-state index is 12.7. The fourth-order valence-corrected chi connectivity index (χ4v) is 4.17. The Labute approximate surface area is 233 Å². The van der Waals surface area contributed by atoms with Crippen molar-refractivity contribution in [3.8, 4) is 11.5 Å². The standard InChI is InChI=1S/C30H47NO8/c1-6-9-12-15-27(33)38-24-18-17-23(19-25(24)39-28(34)16-13-10-7-2)21-30(31,29(35)36-5)20-22(4)37-26(32)14-11-8-3/h17-19,22H,6-16,20-21,31H2,1-5H3/t22-,30?/m0/s1. The number of carbonyl (C=O) groups is 4. The first-order valence-electron chi connectivity index (χ1n) is 14.2. The lowest BCUT2D eigenvalue weighted by Gasteiger charge is -2.29. The zero-order valence-corrected chi connectivity index (χ0v) is 24.3. The molecule has 0 fully saturated rings. The van der Waals surface area contributed by atoms with Crippen molar-refractivity contribution in [3.63, 3.8) is 0 Å². The summed E-state index contributed by atoms with van der Waals surface area (Å²) in [5, 5.41) is 0. The highest BCUT2D eigenvalue weighted by Crippen LogP contribution is 2.32. The first-order chi connectivity index (χ1) is 18.6. The molecule has 1 unspecified atom stereocenters. The van der Waals surface area contributed by atoms with Gasteiger partial charge in [-0.2, -0.15) is 0 Å². The normalized spacial score (nSPS) is 13.2. The van der Waals surface area contributed by atoms with Gasteiger partial charge < -0.3 is 24.7 Å². The molecule has 220 valence electrons. The summed E-state index contributed by atoms with van der Waals surface area (Å²) in [6.45, 7) is 7.74. The Bertz CT molecular complexity index is 932. The Balaban J connectivity index is 3.16. The molecule has 0 saturated heterocycles. The lowest BCUT2D eigenvalue weighted by Crippen LogP contribution is -2.53. The van der Waals surface area contributed by atoms with E-state index in [2.05, 4.69) is 0 Å². The molecule has 2 N–H and O–H groups in total. The van der Waals surface area contributed by atoms with Crippen LogP contribution in [0.1, 0.15) is 110 Å². The molecule has 1 rings (SSSR count). The zero-order valence-electron chi connectivity index (χ0n) is 24.3. The number of benzene rings is 1.